The number of hydrogen-bond donors (Lipinski definition) is 0. The summed E-state index contributed by atoms with van der Waals surface area (Å²) in [6, 6.07) is 18.6. The molecule has 2 aliphatic heterocycles. The van der Waals surface area contributed by atoms with Crippen LogP contribution in [0.25, 0.3) is 5.69 Å². The fourth-order valence-electron chi connectivity index (χ4n) is 4.12. The van der Waals surface area contributed by atoms with Gasteiger partial charge in [0.05, 0.1) is 24.5 Å². The third-order valence-electron chi connectivity index (χ3n) is 5.31. The van der Waals surface area contributed by atoms with E-state index in [0.717, 1.165) is 28.8 Å². The first-order chi connectivity index (χ1) is 13.8. The summed E-state index contributed by atoms with van der Waals surface area (Å²) in [7, 11) is 1.72. The lowest BCUT2D eigenvalue weighted by Gasteiger charge is -2.28. The number of aliphatic imine (C=N–C) groups is 1. The SMILES string of the molecule is COc1ccccc1-n1cccc1C1C(c2ccccn2)N=C2SC(C)CN21. The molecule has 3 atom stereocenters. The second-order valence-electron chi connectivity index (χ2n) is 7.11. The molecule has 5 rings (SSSR count). The lowest BCUT2D eigenvalue weighted by Crippen LogP contribution is -2.30. The number of aromatic nitrogens is 2. The summed E-state index contributed by atoms with van der Waals surface area (Å²) >= 11 is 1.86. The van der Waals surface area contributed by atoms with Crippen molar-refractivity contribution in [3.8, 4) is 11.4 Å². The number of nitrogens with zero attached hydrogens (tertiary/aromatic N) is 4. The minimum Gasteiger partial charge on any atom is -0.495 e. The number of pyridine rings is 1. The summed E-state index contributed by atoms with van der Waals surface area (Å²) in [6.45, 7) is 3.26. The minimum absolute atomic E-state index is 0.0143. The fourth-order valence-corrected chi connectivity index (χ4v) is 5.21. The van der Waals surface area contributed by atoms with Crippen LogP contribution in [-0.4, -0.2) is 38.5 Å². The van der Waals surface area contributed by atoms with Crippen molar-refractivity contribution in [1.82, 2.24) is 14.5 Å². The smallest absolute Gasteiger partial charge is 0.160 e. The van der Waals surface area contributed by atoms with Crippen LogP contribution in [0.3, 0.4) is 0 Å². The first-order valence-corrected chi connectivity index (χ1v) is 10.4. The molecule has 1 fully saturated rings. The average Bonchev–Trinajstić information content (AvgIpc) is 3.42. The van der Waals surface area contributed by atoms with Crippen LogP contribution >= 0.6 is 11.8 Å². The summed E-state index contributed by atoms with van der Waals surface area (Å²) in [5.74, 6) is 0.859. The van der Waals surface area contributed by atoms with E-state index in [2.05, 4.69) is 51.8 Å². The maximum atomic E-state index is 5.62. The molecule has 2 aromatic heterocycles. The van der Waals surface area contributed by atoms with E-state index < -0.39 is 0 Å². The summed E-state index contributed by atoms with van der Waals surface area (Å²) in [5, 5.41) is 1.67. The van der Waals surface area contributed by atoms with Gasteiger partial charge in [0.1, 0.15) is 11.8 Å². The quantitative estimate of drug-likeness (QED) is 0.659. The summed E-state index contributed by atoms with van der Waals surface area (Å²) in [4.78, 5) is 12.2. The van der Waals surface area contributed by atoms with Crippen molar-refractivity contribution < 1.29 is 4.74 Å². The number of thioether (sulfide) groups is 1. The van der Waals surface area contributed by atoms with Gasteiger partial charge in [-0.15, -0.1) is 0 Å². The largest absolute Gasteiger partial charge is 0.495 e. The molecule has 4 heterocycles. The Morgan fingerprint density at radius 3 is 2.75 bits per heavy atom. The molecule has 0 saturated carbocycles. The lowest BCUT2D eigenvalue weighted by atomic mass is 10.0. The molecule has 0 bridgehead atoms. The van der Waals surface area contributed by atoms with Crippen LogP contribution in [-0.2, 0) is 0 Å². The fraction of sp³-hybridized carbons (Fsp3) is 0.273. The predicted octanol–water partition coefficient (Wildman–Crippen LogP) is 4.47. The first-order valence-electron chi connectivity index (χ1n) is 9.49. The van der Waals surface area contributed by atoms with E-state index in [9.17, 15) is 0 Å². The molecule has 0 radical (unpaired) electrons. The van der Waals surface area contributed by atoms with Gasteiger partial charge in [-0.25, -0.2) is 0 Å². The number of methoxy groups -OCH3 is 1. The zero-order valence-corrected chi connectivity index (χ0v) is 16.7. The molecule has 0 amide bonds. The molecule has 28 heavy (non-hydrogen) atoms. The van der Waals surface area contributed by atoms with Crippen LogP contribution in [0.1, 0.15) is 30.4 Å². The van der Waals surface area contributed by atoms with Crippen LogP contribution in [0, 0.1) is 0 Å². The van der Waals surface area contributed by atoms with Gasteiger partial charge in [-0.2, -0.15) is 0 Å². The van der Waals surface area contributed by atoms with Crippen molar-refractivity contribution in [1.29, 1.82) is 0 Å². The maximum absolute atomic E-state index is 5.62. The second kappa shape index (κ2) is 7.02. The second-order valence-corrected chi connectivity index (χ2v) is 8.52. The van der Waals surface area contributed by atoms with E-state index in [1.807, 2.05) is 48.3 Å². The number of benzene rings is 1. The number of hydrogen-bond acceptors (Lipinski definition) is 5. The molecule has 1 saturated heterocycles. The molecule has 3 unspecified atom stereocenters. The summed E-state index contributed by atoms with van der Waals surface area (Å²) < 4.78 is 7.85. The van der Waals surface area contributed by atoms with Gasteiger partial charge in [0.25, 0.3) is 0 Å². The Morgan fingerprint density at radius 2 is 1.93 bits per heavy atom. The van der Waals surface area contributed by atoms with E-state index >= 15 is 0 Å². The molecule has 0 aliphatic carbocycles. The van der Waals surface area contributed by atoms with Crippen molar-refractivity contribution >= 4 is 16.9 Å². The third kappa shape index (κ3) is 2.79. The Morgan fingerprint density at radius 1 is 1.07 bits per heavy atom. The molecule has 2 aliphatic rings. The van der Waals surface area contributed by atoms with E-state index in [4.69, 9.17) is 9.73 Å². The summed E-state index contributed by atoms with van der Waals surface area (Å²) in [5.41, 5.74) is 3.25. The molecule has 5 nitrogen and oxygen atoms in total. The highest BCUT2D eigenvalue weighted by Crippen LogP contribution is 2.48. The Bertz CT molecular complexity index is 1020. The van der Waals surface area contributed by atoms with Crippen LogP contribution in [0.15, 0.2) is 72.0 Å². The van der Waals surface area contributed by atoms with Crippen molar-refractivity contribution in [2.75, 3.05) is 13.7 Å². The number of amidine groups is 1. The highest BCUT2D eigenvalue weighted by Gasteiger charge is 2.44. The van der Waals surface area contributed by atoms with Crippen molar-refractivity contribution in [3.63, 3.8) is 0 Å². The third-order valence-corrected chi connectivity index (χ3v) is 6.41. The zero-order valence-electron chi connectivity index (χ0n) is 15.9. The van der Waals surface area contributed by atoms with Crippen molar-refractivity contribution in [2.45, 2.75) is 24.3 Å². The maximum Gasteiger partial charge on any atom is 0.160 e. The van der Waals surface area contributed by atoms with E-state index in [0.29, 0.717) is 5.25 Å². The van der Waals surface area contributed by atoms with E-state index in [-0.39, 0.29) is 12.1 Å². The molecule has 0 spiro atoms. The minimum atomic E-state index is -0.0143. The Balaban J connectivity index is 1.63. The molecule has 3 aromatic rings. The van der Waals surface area contributed by atoms with Gasteiger partial charge in [-0.05, 0) is 36.4 Å². The topological polar surface area (TPSA) is 42.6 Å². The van der Waals surface area contributed by atoms with Crippen LogP contribution in [0.5, 0.6) is 5.75 Å². The van der Waals surface area contributed by atoms with Crippen LogP contribution in [0.4, 0.5) is 0 Å². The summed E-state index contributed by atoms with van der Waals surface area (Å²) in [6.07, 6.45) is 3.96. The molecular weight excluding hydrogens is 368 g/mol. The molecular formula is C22H22N4OS. The molecule has 142 valence electrons. The molecule has 0 N–H and O–H groups in total. The van der Waals surface area contributed by atoms with E-state index in [1.165, 1.54) is 5.69 Å². The van der Waals surface area contributed by atoms with Crippen LogP contribution in [0.2, 0.25) is 0 Å². The first kappa shape index (κ1) is 17.4. The van der Waals surface area contributed by atoms with Gasteiger partial charge in [-0.1, -0.05) is 36.9 Å². The molecule has 6 heteroatoms. The Hall–Kier alpha value is -2.73. The van der Waals surface area contributed by atoms with Gasteiger partial charge in [0.2, 0.25) is 0 Å². The van der Waals surface area contributed by atoms with Gasteiger partial charge >= 0.3 is 0 Å². The Kier molecular flexibility index (Phi) is 4.36. The van der Waals surface area contributed by atoms with E-state index in [1.54, 1.807) is 7.11 Å². The number of ether oxygens (including phenoxy) is 1. The number of fused-ring (bicyclic) bond motifs is 1. The van der Waals surface area contributed by atoms with Crippen LogP contribution < -0.4 is 4.74 Å². The van der Waals surface area contributed by atoms with Gasteiger partial charge < -0.3 is 14.2 Å². The number of rotatable bonds is 4. The Labute approximate surface area is 169 Å². The zero-order chi connectivity index (χ0) is 19.1. The van der Waals surface area contributed by atoms with Crippen molar-refractivity contribution in [3.05, 3.63) is 78.4 Å². The highest BCUT2D eigenvalue weighted by atomic mass is 32.2. The normalized spacial score (nSPS) is 23.6. The lowest BCUT2D eigenvalue weighted by molar-refractivity contribution is 0.311. The van der Waals surface area contributed by atoms with Crippen molar-refractivity contribution in [2.24, 2.45) is 4.99 Å². The standard InChI is InChI=1S/C22H22N4OS/c1-15-14-26-21(20(24-22(26)28-15)16-8-5-6-12-23-16)18-10-7-13-25(18)17-9-3-4-11-19(17)27-2/h3-13,15,20-21H,14H2,1-2H3. The molecule has 1 aromatic carbocycles. The number of para-hydroxylation sites is 2. The van der Waals surface area contributed by atoms with Gasteiger partial charge in [0.15, 0.2) is 5.17 Å². The van der Waals surface area contributed by atoms with Gasteiger partial charge in [-0.3, -0.25) is 9.98 Å². The highest BCUT2D eigenvalue weighted by molar-refractivity contribution is 8.14. The van der Waals surface area contributed by atoms with Gasteiger partial charge in [0, 0.05) is 29.9 Å². The monoisotopic (exact) mass is 390 g/mol. The predicted molar refractivity (Wildman–Crippen MR) is 113 cm³/mol. The average molecular weight is 391 g/mol.